The van der Waals surface area contributed by atoms with E-state index < -0.39 is 0 Å². The van der Waals surface area contributed by atoms with E-state index >= 15 is 0 Å². The van der Waals surface area contributed by atoms with E-state index in [9.17, 15) is 0 Å². The van der Waals surface area contributed by atoms with Crippen molar-refractivity contribution in [2.75, 3.05) is 6.54 Å². The molecule has 0 fully saturated rings. The van der Waals surface area contributed by atoms with Gasteiger partial charge in [-0.05, 0) is 65.1 Å². The number of aryl methyl sites for hydroxylation is 1. The van der Waals surface area contributed by atoms with E-state index in [1.165, 1.54) is 14.2 Å². The second-order valence-corrected chi connectivity index (χ2v) is 7.88. The Balaban J connectivity index is 2.19. The molecule has 4 heteroatoms. The van der Waals surface area contributed by atoms with Gasteiger partial charge in [-0.2, -0.15) is 0 Å². The van der Waals surface area contributed by atoms with Crippen LogP contribution in [0.5, 0.6) is 0 Å². The summed E-state index contributed by atoms with van der Waals surface area (Å²) in [5.74, 6) is 0. The lowest BCUT2D eigenvalue weighted by molar-refractivity contribution is 0.532. The lowest BCUT2D eigenvalue weighted by Crippen LogP contribution is -2.23. The molecule has 20 heavy (non-hydrogen) atoms. The van der Waals surface area contributed by atoms with E-state index in [1.54, 1.807) is 11.3 Å². The van der Waals surface area contributed by atoms with E-state index in [2.05, 4.69) is 59.4 Å². The van der Waals surface area contributed by atoms with Crippen LogP contribution in [-0.2, 0) is 6.42 Å². The SMILES string of the molecule is CCCNC(Cc1ccc(Br)s1)c1ccc(Cl)c(C)c1. The molecule has 0 saturated carbocycles. The van der Waals surface area contributed by atoms with Crippen LogP contribution in [0.3, 0.4) is 0 Å². The molecule has 0 radical (unpaired) electrons. The third kappa shape index (κ3) is 4.32. The normalized spacial score (nSPS) is 12.6. The minimum atomic E-state index is 0.344. The molecule has 1 N–H and O–H groups in total. The van der Waals surface area contributed by atoms with Crippen LogP contribution < -0.4 is 5.32 Å². The Labute approximate surface area is 138 Å². The van der Waals surface area contributed by atoms with Crippen molar-refractivity contribution in [1.29, 1.82) is 0 Å². The van der Waals surface area contributed by atoms with Gasteiger partial charge in [0.1, 0.15) is 0 Å². The smallest absolute Gasteiger partial charge is 0.0701 e. The zero-order chi connectivity index (χ0) is 14.5. The molecule has 2 aromatic rings. The number of nitrogens with one attached hydrogen (secondary N) is 1. The Hall–Kier alpha value is -0.350. The Kier molecular flexibility index (Phi) is 6.09. The fraction of sp³-hybridized carbons (Fsp3) is 0.375. The third-order valence-corrected chi connectivity index (χ3v) is 5.33. The van der Waals surface area contributed by atoms with Crippen LogP contribution in [0.15, 0.2) is 34.1 Å². The maximum Gasteiger partial charge on any atom is 0.0701 e. The molecule has 1 heterocycles. The van der Waals surface area contributed by atoms with Crippen LogP contribution in [0.4, 0.5) is 0 Å². The molecule has 1 unspecified atom stereocenters. The molecule has 2 rings (SSSR count). The average molecular weight is 373 g/mol. The van der Waals surface area contributed by atoms with Crippen molar-refractivity contribution in [1.82, 2.24) is 5.32 Å². The van der Waals surface area contributed by atoms with Crippen molar-refractivity contribution in [2.45, 2.75) is 32.7 Å². The van der Waals surface area contributed by atoms with Gasteiger partial charge < -0.3 is 5.32 Å². The lowest BCUT2D eigenvalue weighted by atomic mass is 10.0. The summed E-state index contributed by atoms with van der Waals surface area (Å²) in [5, 5.41) is 4.47. The van der Waals surface area contributed by atoms with Crippen LogP contribution in [0.2, 0.25) is 5.02 Å². The summed E-state index contributed by atoms with van der Waals surface area (Å²) < 4.78 is 1.19. The number of thiophene rings is 1. The Morgan fingerprint density at radius 2 is 2.10 bits per heavy atom. The summed E-state index contributed by atoms with van der Waals surface area (Å²) >= 11 is 11.5. The molecule has 0 aliphatic rings. The number of hydrogen-bond acceptors (Lipinski definition) is 2. The first-order chi connectivity index (χ1) is 9.60. The highest BCUT2D eigenvalue weighted by Crippen LogP contribution is 2.28. The van der Waals surface area contributed by atoms with Crippen molar-refractivity contribution in [2.24, 2.45) is 0 Å². The van der Waals surface area contributed by atoms with Crippen LogP contribution in [-0.4, -0.2) is 6.54 Å². The van der Waals surface area contributed by atoms with Gasteiger partial charge in [0, 0.05) is 22.4 Å². The first-order valence-electron chi connectivity index (χ1n) is 6.83. The zero-order valence-corrected chi connectivity index (χ0v) is 14.9. The van der Waals surface area contributed by atoms with Crippen LogP contribution in [0, 0.1) is 6.92 Å². The predicted molar refractivity (Wildman–Crippen MR) is 92.9 cm³/mol. The van der Waals surface area contributed by atoms with Crippen LogP contribution in [0.1, 0.15) is 35.4 Å². The third-order valence-electron chi connectivity index (χ3n) is 3.26. The van der Waals surface area contributed by atoms with Crippen molar-refractivity contribution in [3.05, 3.63) is 55.1 Å². The molecule has 1 aromatic heterocycles. The van der Waals surface area contributed by atoms with Crippen molar-refractivity contribution in [3.63, 3.8) is 0 Å². The van der Waals surface area contributed by atoms with E-state index in [1.807, 2.05) is 6.07 Å². The minimum Gasteiger partial charge on any atom is -0.310 e. The van der Waals surface area contributed by atoms with Gasteiger partial charge in [0.25, 0.3) is 0 Å². The van der Waals surface area contributed by atoms with Gasteiger partial charge in [-0.25, -0.2) is 0 Å². The maximum absolute atomic E-state index is 6.13. The first kappa shape index (κ1) is 16.0. The van der Waals surface area contributed by atoms with E-state index in [0.29, 0.717) is 6.04 Å². The molecule has 0 aliphatic heterocycles. The van der Waals surface area contributed by atoms with Gasteiger partial charge in [0.2, 0.25) is 0 Å². The van der Waals surface area contributed by atoms with Crippen molar-refractivity contribution in [3.8, 4) is 0 Å². The molecule has 0 amide bonds. The lowest BCUT2D eigenvalue weighted by Gasteiger charge is -2.19. The summed E-state index contributed by atoms with van der Waals surface area (Å²) in [5.41, 5.74) is 2.45. The first-order valence-corrected chi connectivity index (χ1v) is 8.82. The van der Waals surface area contributed by atoms with Gasteiger partial charge in [-0.15, -0.1) is 11.3 Å². The summed E-state index contributed by atoms with van der Waals surface area (Å²) in [4.78, 5) is 1.39. The number of rotatable bonds is 6. The summed E-state index contributed by atoms with van der Waals surface area (Å²) in [6.07, 6.45) is 2.15. The highest BCUT2D eigenvalue weighted by Gasteiger charge is 2.13. The largest absolute Gasteiger partial charge is 0.310 e. The molecular formula is C16H19BrClNS. The van der Waals surface area contributed by atoms with Gasteiger partial charge >= 0.3 is 0 Å². The predicted octanol–water partition coefficient (Wildman–Crippen LogP) is 5.76. The van der Waals surface area contributed by atoms with Crippen molar-refractivity contribution < 1.29 is 0 Å². The van der Waals surface area contributed by atoms with E-state index in [0.717, 1.165) is 30.0 Å². The Bertz CT molecular complexity index is 567. The molecule has 0 spiro atoms. The monoisotopic (exact) mass is 371 g/mol. The fourth-order valence-electron chi connectivity index (χ4n) is 2.17. The molecule has 108 valence electrons. The standard InChI is InChI=1S/C16H19BrClNS/c1-3-8-19-15(10-13-5-7-16(17)20-13)12-4-6-14(18)11(2)9-12/h4-7,9,15,19H,3,8,10H2,1-2H3. The Morgan fingerprint density at radius 3 is 2.70 bits per heavy atom. The molecule has 0 saturated heterocycles. The highest BCUT2D eigenvalue weighted by atomic mass is 79.9. The Morgan fingerprint density at radius 1 is 1.30 bits per heavy atom. The molecule has 0 bridgehead atoms. The van der Waals surface area contributed by atoms with E-state index in [4.69, 9.17) is 11.6 Å². The highest BCUT2D eigenvalue weighted by molar-refractivity contribution is 9.11. The van der Waals surface area contributed by atoms with Gasteiger partial charge in [0.15, 0.2) is 0 Å². The molecule has 1 atom stereocenters. The summed E-state index contributed by atoms with van der Waals surface area (Å²) in [7, 11) is 0. The molecule has 1 nitrogen and oxygen atoms in total. The number of benzene rings is 1. The van der Waals surface area contributed by atoms with E-state index in [-0.39, 0.29) is 0 Å². The second-order valence-electron chi connectivity index (χ2n) is 4.93. The van der Waals surface area contributed by atoms with Crippen molar-refractivity contribution >= 4 is 38.9 Å². The number of halogens is 2. The van der Waals surface area contributed by atoms with Crippen LogP contribution in [0.25, 0.3) is 0 Å². The topological polar surface area (TPSA) is 12.0 Å². The van der Waals surface area contributed by atoms with Gasteiger partial charge in [-0.3, -0.25) is 0 Å². The minimum absolute atomic E-state index is 0.344. The molecule has 1 aromatic carbocycles. The van der Waals surface area contributed by atoms with Crippen LogP contribution >= 0.6 is 38.9 Å². The zero-order valence-electron chi connectivity index (χ0n) is 11.7. The fourth-order valence-corrected chi connectivity index (χ4v) is 3.82. The second kappa shape index (κ2) is 7.60. The number of hydrogen-bond donors (Lipinski definition) is 1. The van der Waals surface area contributed by atoms with Gasteiger partial charge in [0.05, 0.1) is 3.79 Å². The maximum atomic E-state index is 6.13. The van der Waals surface area contributed by atoms with Gasteiger partial charge in [-0.1, -0.05) is 30.7 Å². The summed E-state index contributed by atoms with van der Waals surface area (Å²) in [6.45, 7) is 5.28. The quantitative estimate of drug-likeness (QED) is 0.680. The molecular weight excluding hydrogens is 354 g/mol. The molecule has 0 aliphatic carbocycles. The summed E-state index contributed by atoms with van der Waals surface area (Å²) in [6, 6.07) is 11.0. The average Bonchev–Trinajstić information content (AvgIpc) is 2.83.